The molecule has 0 saturated heterocycles. The average Bonchev–Trinajstić information content (AvgIpc) is 2.16. The van der Waals surface area contributed by atoms with Gasteiger partial charge in [0.05, 0.1) is 10.7 Å². The van der Waals surface area contributed by atoms with Crippen LogP contribution in [0.1, 0.15) is 0 Å². The molecule has 7 heteroatoms. The van der Waals surface area contributed by atoms with Crippen LogP contribution in [0.15, 0.2) is 12.1 Å². The lowest BCUT2D eigenvalue weighted by Gasteiger charge is -2.08. The van der Waals surface area contributed by atoms with Crippen molar-refractivity contribution < 1.29 is 19.0 Å². The first kappa shape index (κ1) is 11.5. The first-order chi connectivity index (χ1) is 7.04. The summed E-state index contributed by atoms with van der Waals surface area (Å²) in [5.74, 6) is 3.27. The lowest BCUT2D eigenvalue weighted by atomic mass is 10.3. The maximum atomic E-state index is 13.0. The zero-order valence-corrected chi connectivity index (χ0v) is 8.21. The van der Waals surface area contributed by atoms with E-state index in [4.69, 9.17) is 27.3 Å². The second-order valence-corrected chi connectivity index (χ2v) is 3.00. The van der Waals surface area contributed by atoms with Crippen molar-refractivity contribution in [1.82, 2.24) is 0 Å². The van der Waals surface area contributed by atoms with Crippen LogP contribution in [0.5, 0.6) is 5.75 Å². The molecule has 82 valence electrons. The van der Waals surface area contributed by atoms with Crippen LogP contribution >= 0.6 is 11.6 Å². The van der Waals surface area contributed by atoms with E-state index in [1.54, 1.807) is 0 Å². The van der Waals surface area contributed by atoms with Crippen molar-refractivity contribution in [3.63, 3.8) is 0 Å². The lowest BCUT2D eigenvalue weighted by molar-refractivity contribution is -0.139. The number of aliphatic carboxylic acids is 1. The summed E-state index contributed by atoms with van der Waals surface area (Å²) in [6.07, 6.45) is 0. The third-order valence-corrected chi connectivity index (χ3v) is 1.82. The predicted molar refractivity (Wildman–Crippen MR) is 52.4 cm³/mol. The Bertz CT molecular complexity index is 386. The van der Waals surface area contributed by atoms with Gasteiger partial charge in [-0.3, -0.25) is 5.84 Å². The number of rotatable bonds is 4. The number of anilines is 1. The van der Waals surface area contributed by atoms with Gasteiger partial charge in [0.15, 0.2) is 6.61 Å². The summed E-state index contributed by atoms with van der Waals surface area (Å²) in [6.45, 7) is -0.560. The van der Waals surface area contributed by atoms with Crippen molar-refractivity contribution in [2.24, 2.45) is 5.84 Å². The minimum Gasteiger partial charge on any atom is -0.480 e. The normalized spacial score (nSPS) is 9.80. The van der Waals surface area contributed by atoms with Crippen molar-refractivity contribution in [3.8, 4) is 5.75 Å². The van der Waals surface area contributed by atoms with E-state index >= 15 is 0 Å². The number of carboxylic acid groups (broad SMARTS) is 1. The molecule has 0 aromatic heterocycles. The molecule has 0 fully saturated rings. The quantitative estimate of drug-likeness (QED) is 0.539. The Hall–Kier alpha value is -1.53. The van der Waals surface area contributed by atoms with E-state index in [1.165, 1.54) is 6.07 Å². The van der Waals surface area contributed by atoms with Gasteiger partial charge < -0.3 is 15.3 Å². The lowest BCUT2D eigenvalue weighted by Crippen LogP contribution is -2.12. The van der Waals surface area contributed by atoms with Crippen molar-refractivity contribution in [2.75, 3.05) is 12.0 Å². The van der Waals surface area contributed by atoms with E-state index in [1.807, 2.05) is 0 Å². The van der Waals surface area contributed by atoms with Crippen LogP contribution in [0.3, 0.4) is 0 Å². The maximum absolute atomic E-state index is 13.0. The molecule has 0 aliphatic rings. The number of benzene rings is 1. The number of nitrogens with one attached hydrogen (secondary N) is 1. The summed E-state index contributed by atoms with van der Waals surface area (Å²) in [4.78, 5) is 10.2. The molecule has 15 heavy (non-hydrogen) atoms. The molecule has 0 radical (unpaired) electrons. The van der Waals surface area contributed by atoms with Crippen molar-refractivity contribution in [1.29, 1.82) is 0 Å². The molecule has 0 spiro atoms. The van der Waals surface area contributed by atoms with Crippen molar-refractivity contribution in [3.05, 3.63) is 23.0 Å². The molecule has 5 nitrogen and oxygen atoms in total. The highest BCUT2D eigenvalue weighted by Gasteiger charge is 2.10. The standard InChI is InChI=1S/C8H8ClFN2O3/c9-4-1-5(10)6(12-11)2-7(4)15-3-8(13)14/h1-2,12H,3,11H2,(H,13,14). The topological polar surface area (TPSA) is 84.6 Å². The van der Waals surface area contributed by atoms with Gasteiger partial charge in [-0.05, 0) is 6.07 Å². The Balaban J connectivity index is 2.92. The van der Waals surface area contributed by atoms with Crippen molar-refractivity contribution in [2.45, 2.75) is 0 Å². The highest BCUT2D eigenvalue weighted by atomic mass is 35.5. The van der Waals surface area contributed by atoms with Gasteiger partial charge in [0, 0.05) is 6.07 Å². The monoisotopic (exact) mass is 234 g/mol. The first-order valence-corrected chi connectivity index (χ1v) is 4.22. The van der Waals surface area contributed by atoms with Gasteiger partial charge in [-0.25, -0.2) is 9.18 Å². The molecule has 1 aromatic rings. The number of hydrogen-bond acceptors (Lipinski definition) is 4. The van der Waals surface area contributed by atoms with Gasteiger partial charge in [-0.1, -0.05) is 11.6 Å². The van der Waals surface area contributed by atoms with E-state index in [2.05, 4.69) is 5.43 Å². The molecule has 0 aliphatic carbocycles. The average molecular weight is 235 g/mol. The van der Waals surface area contributed by atoms with Crippen molar-refractivity contribution >= 4 is 23.3 Å². The number of nitrogens with two attached hydrogens (primary N) is 1. The highest BCUT2D eigenvalue weighted by molar-refractivity contribution is 6.32. The minimum absolute atomic E-state index is 0.0206. The van der Waals surface area contributed by atoms with E-state index in [9.17, 15) is 9.18 Å². The number of carbonyl (C=O) groups is 1. The van der Waals surface area contributed by atoms with Crippen LogP contribution in [0.2, 0.25) is 5.02 Å². The van der Waals surface area contributed by atoms with Gasteiger partial charge in [-0.15, -0.1) is 0 Å². The van der Waals surface area contributed by atoms with Crippen LogP contribution in [0.25, 0.3) is 0 Å². The molecule has 0 aliphatic heterocycles. The number of ether oxygens (including phenoxy) is 1. The van der Waals surface area contributed by atoms with Crippen LogP contribution in [0.4, 0.5) is 10.1 Å². The van der Waals surface area contributed by atoms with E-state index in [-0.39, 0.29) is 16.5 Å². The second kappa shape index (κ2) is 4.81. The SMILES string of the molecule is NNc1cc(OCC(=O)O)c(Cl)cc1F. The number of nitrogen functional groups attached to an aromatic ring is 1. The second-order valence-electron chi connectivity index (χ2n) is 2.59. The largest absolute Gasteiger partial charge is 0.480 e. The smallest absolute Gasteiger partial charge is 0.341 e. The van der Waals surface area contributed by atoms with Gasteiger partial charge in [0.25, 0.3) is 0 Å². The summed E-state index contributed by atoms with van der Waals surface area (Å²) < 4.78 is 17.8. The molecule has 0 saturated carbocycles. The number of hydrogen-bond donors (Lipinski definition) is 3. The summed E-state index contributed by atoms with van der Waals surface area (Å²) in [7, 11) is 0. The number of hydrazine groups is 1. The molecule has 0 heterocycles. The molecule has 0 unspecified atom stereocenters. The molecule has 0 atom stereocenters. The Morgan fingerprint density at radius 1 is 1.67 bits per heavy atom. The van der Waals surface area contributed by atoms with E-state index in [0.29, 0.717) is 0 Å². The number of halogens is 2. The Morgan fingerprint density at radius 2 is 2.33 bits per heavy atom. The fourth-order valence-corrected chi connectivity index (χ4v) is 1.09. The predicted octanol–water partition coefficient (Wildman–Crippen LogP) is 1.23. The summed E-state index contributed by atoms with van der Waals surface area (Å²) >= 11 is 5.62. The number of carboxylic acids is 1. The minimum atomic E-state index is -1.15. The molecule has 0 amide bonds. The van der Waals surface area contributed by atoms with Gasteiger partial charge in [0.2, 0.25) is 0 Å². The van der Waals surface area contributed by atoms with Crippen LogP contribution in [0, 0.1) is 5.82 Å². The molecular formula is C8H8ClFN2O3. The van der Waals surface area contributed by atoms with Crippen LogP contribution in [-0.4, -0.2) is 17.7 Å². The van der Waals surface area contributed by atoms with E-state index < -0.39 is 18.4 Å². The Morgan fingerprint density at radius 3 is 2.87 bits per heavy atom. The summed E-state index contributed by atoms with van der Waals surface area (Å²) in [5.41, 5.74) is 2.06. The molecule has 1 rings (SSSR count). The Labute approximate surface area is 89.6 Å². The van der Waals surface area contributed by atoms with Gasteiger partial charge in [-0.2, -0.15) is 0 Å². The molecule has 1 aromatic carbocycles. The molecule has 4 N–H and O–H groups in total. The first-order valence-electron chi connectivity index (χ1n) is 3.85. The highest BCUT2D eigenvalue weighted by Crippen LogP contribution is 2.29. The van der Waals surface area contributed by atoms with E-state index in [0.717, 1.165) is 6.07 Å². The van der Waals surface area contributed by atoms with Gasteiger partial charge in [0.1, 0.15) is 11.6 Å². The van der Waals surface area contributed by atoms with Crippen LogP contribution < -0.4 is 16.0 Å². The fourth-order valence-electron chi connectivity index (χ4n) is 0.890. The zero-order chi connectivity index (χ0) is 11.4. The summed E-state index contributed by atoms with van der Waals surface area (Å²) in [5, 5.41) is 8.34. The third-order valence-electron chi connectivity index (χ3n) is 1.53. The maximum Gasteiger partial charge on any atom is 0.341 e. The van der Waals surface area contributed by atoms with Crippen LogP contribution in [-0.2, 0) is 4.79 Å². The fraction of sp³-hybridized carbons (Fsp3) is 0.125. The Kier molecular flexibility index (Phi) is 3.70. The third kappa shape index (κ3) is 2.97. The molecular weight excluding hydrogens is 227 g/mol. The van der Waals surface area contributed by atoms with Gasteiger partial charge >= 0.3 is 5.97 Å². The zero-order valence-electron chi connectivity index (χ0n) is 7.46. The summed E-state index contributed by atoms with van der Waals surface area (Å²) in [6, 6.07) is 2.16. The molecule has 0 bridgehead atoms.